The van der Waals surface area contributed by atoms with Gasteiger partial charge in [0.05, 0.1) is 30.4 Å². The lowest BCUT2D eigenvalue weighted by atomic mass is 10.1. The Labute approximate surface area is 179 Å². The molecule has 1 N–H and O–H groups in total. The molecule has 0 saturated carbocycles. The molecule has 0 amide bonds. The van der Waals surface area contributed by atoms with Crippen LogP contribution < -0.4 is 10.1 Å². The lowest BCUT2D eigenvalue weighted by molar-refractivity contribution is -0.137. The van der Waals surface area contributed by atoms with Crippen LogP contribution in [0.4, 0.5) is 29.2 Å². The van der Waals surface area contributed by atoms with Gasteiger partial charge >= 0.3 is 6.18 Å². The van der Waals surface area contributed by atoms with Crippen LogP contribution in [-0.4, -0.2) is 36.4 Å². The van der Waals surface area contributed by atoms with Gasteiger partial charge in [-0.05, 0) is 37.3 Å². The second-order valence-electron chi connectivity index (χ2n) is 6.84. The third-order valence-electron chi connectivity index (χ3n) is 4.55. The number of aromatic nitrogens is 6. The number of hydrogen-bond donors (Lipinski definition) is 1. The lowest BCUT2D eigenvalue weighted by Crippen LogP contribution is -2.11. The summed E-state index contributed by atoms with van der Waals surface area (Å²) in [5.74, 6) is -0.518. The third-order valence-corrected chi connectivity index (χ3v) is 4.55. The Morgan fingerprint density at radius 1 is 1.09 bits per heavy atom. The van der Waals surface area contributed by atoms with Gasteiger partial charge in [0.25, 0.3) is 0 Å². The number of methoxy groups -OCH3 is 1. The van der Waals surface area contributed by atoms with E-state index in [1.165, 1.54) is 18.8 Å². The monoisotopic (exact) mass is 447 g/mol. The summed E-state index contributed by atoms with van der Waals surface area (Å²) < 4.78 is 61.6. The minimum Gasteiger partial charge on any atom is -0.479 e. The molecule has 32 heavy (non-hydrogen) atoms. The first-order chi connectivity index (χ1) is 15.2. The molecule has 0 aliphatic carbocycles. The number of halogens is 4. The second-order valence-corrected chi connectivity index (χ2v) is 6.84. The highest BCUT2D eigenvalue weighted by atomic mass is 19.4. The summed E-state index contributed by atoms with van der Waals surface area (Å²) in [4.78, 5) is 12.8. The predicted molar refractivity (Wildman–Crippen MR) is 107 cm³/mol. The van der Waals surface area contributed by atoms with Crippen LogP contribution in [0.15, 0.2) is 42.9 Å². The van der Waals surface area contributed by atoms with Crippen LogP contribution >= 0.6 is 0 Å². The Morgan fingerprint density at radius 3 is 2.53 bits per heavy atom. The Hall–Kier alpha value is -3.96. The number of imidazole rings is 1. The van der Waals surface area contributed by atoms with Crippen molar-refractivity contribution in [1.29, 1.82) is 0 Å². The molecule has 4 aromatic rings. The van der Waals surface area contributed by atoms with Gasteiger partial charge in [-0.3, -0.25) is 0 Å². The summed E-state index contributed by atoms with van der Waals surface area (Å²) in [5.41, 5.74) is 0.310. The minimum atomic E-state index is -4.75. The third kappa shape index (κ3) is 4.11. The number of alkyl halides is 3. The van der Waals surface area contributed by atoms with E-state index in [0.717, 1.165) is 17.8 Å². The van der Waals surface area contributed by atoms with Crippen LogP contribution in [0.2, 0.25) is 0 Å². The smallest absolute Gasteiger partial charge is 0.418 e. The van der Waals surface area contributed by atoms with Crippen molar-refractivity contribution in [3.63, 3.8) is 0 Å². The van der Waals surface area contributed by atoms with Crippen molar-refractivity contribution in [3.05, 3.63) is 59.9 Å². The average Bonchev–Trinajstić information content (AvgIpc) is 3.33. The number of nitrogens with one attached hydrogen (secondary N) is 1. The van der Waals surface area contributed by atoms with Crippen molar-refractivity contribution in [2.24, 2.45) is 7.05 Å². The van der Waals surface area contributed by atoms with Crippen LogP contribution in [0.5, 0.6) is 5.88 Å². The molecule has 0 fully saturated rings. The number of benzene rings is 1. The van der Waals surface area contributed by atoms with Gasteiger partial charge < -0.3 is 14.6 Å². The van der Waals surface area contributed by atoms with Gasteiger partial charge in [-0.25, -0.2) is 19.0 Å². The number of pyridine rings is 1. The summed E-state index contributed by atoms with van der Waals surface area (Å²) in [6.07, 6.45) is -1.32. The molecule has 0 spiro atoms. The number of ether oxygens (including phenoxy) is 1. The normalized spacial score (nSPS) is 11.6. The molecular weight excluding hydrogens is 430 g/mol. The van der Waals surface area contributed by atoms with E-state index >= 15 is 0 Å². The number of anilines is 2. The fraction of sp³-hybridized carbons (Fsp3) is 0.200. The summed E-state index contributed by atoms with van der Waals surface area (Å²) in [7, 11) is 2.97. The predicted octanol–water partition coefficient (Wildman–Crippen LogP) is 4.28. The minimum absolute atomic E-state index is 0.0205. The molecule has 0 radical (unpaired) electrons. The molecule has 0 aliphatic heterocycles. The second kappa shape index (κ2) is 7.94. The highest BCUT2D eigenvalue weighted by Gasteiger charge is 2.34. The van der Waals surface area contributed by atoms with Crippen molar-refractivity contribution < 1.29 is 22.3 Å². The molecule has 0 atom stereocenters. The lowest BCUT2D eigenvalue weighted by Gasteiger charge is -2.13. The van der Waals surface area contributed by atoms with Gasteiger partial charge in [0.2, 0.25) is 17.7 Å². The SMILES string of the molecule is COc1nc(-c2nc(Nc3ccc(F)cc3C(F)(F)F)n(C)n2)ccc1-n1cnc(C)c1. The van der Waals surface area contributed by atoms with Gasteiger partial charge in [0.15, 0.2) is 0 Å². The maximum absolute atomic E-state index is 13.4. The van der Waals surface area contributed by atoms with E-state index in [0.29, 0.717) is 23.3 Å². The quantitative estimate of drug-likeness (QED) is 0.460. The van der Waals surface area contributed by atoms with Crippen molar-refractivity contribution in [2.75, 3.05) is 12.4 Å². The van der Waals surface area contributed by atoms with Crippen molar-refractivity contribution in [3.8, 4) is 23.1 Å². The van der Waals surface area contributed by atoms with E-state index in [1.807, 2.05) is 6.92 Å². The molecule has 0 aliphatic rings. The summed E-state index contributed by atoms with van der Waals surface area (Å²) in [5, 5.41) is 6.78. The Bertz CT molecular complexity index is 1280. The topological polar surface area (TPSA) is 82.7 Å². The first-order valence-electron chi connectivity index (χ1n) is 9.27. The standard InChI is InChI=1S/C20H17F4N7O/c1-11-9-31(10-25-11)16-7-6-15(26-18(16)32-3)17-28-19(30(2)29-17)27-14-5-4-12(21)8-13(14)20(22,23)24/h4-10H,1-3H3,(H,27,28,29). The molecular formula is C20H17F4N7O. The number of nitrogens with zero attached hydrogens (tertiary/aromatic N) is 6. The van der Waals surface area contributed by atoms with E-state index in [2.05, 4.69) is 25.4 Å². The van der Waals surface area contributed by atoms with E-state index in [1.54, 1.807) is 29.2 Å². The van der Waals surface area contributed by atoms with Crippen molar-refractivity contribution in [1.82, 2.24) is 29.3 Å². The van der Waals surface area contributed by atoms with Gasteiger partial charge in [0.1, 0.15) is 17.2 Å². The van der Waals surface area contributed by atoms with Crippen LogP contribution in [0.1, 0.15) is 11.3 Å². The summed E-state index contributed by atoms with van der Waals surface area (Å²) >= 11 is 0. The molecule has 3 heterocycles. The molecule has 1 aromatic carbocycles. The van der Waals surface area contributed by atoms with E-state index in [9.17, 15) is 17.6 Å². The largest absolute Gasteiger partial charge is 0.479 e. The zero-order valence-electron chi connectivity index (χ0n) is 17.1. The Kier molecular flexibility index (Phi) is 5.28. The van der Waals surface area contributed by atoms with E-state index in [-0.39, 0.29) is 17.5 Å². The summed E-state index contributed by atoms with van der Waals surface area (Å²) in [6, 6.07) is 5.74. The molecule has 3 aromatic heterocycles. The average molecular weight is 447 g/mol. The fourth-order valence-corrected chi connectivity index (χ4v) is 3.04. The van der Waals surface area contributed by atoms with Gasteiger partial charge in [-0.1, -0.05) is 0 Å². The molecule has 0 unspecified atom stereocenters. The summed E-state index contributed by atoms with van der Waals surface area (Å²) in [6.45, 7) is 1.85. The van der Waals surface area contributed by atoms with E-state index in [4.69, 9.17) is 4.74 Å². The van der Waals surface area contributed by atoms with Gasteiger partial charge in [-0.15, -0.1) is 5.10 Å². The van der Waals surface area contributed by atoms with E-state index < -0.39 is 17.6 Å². The van der Waals surface area contributed by atoms with Gasteiger partial charge in [-0.2, -0.15) is 18.2 Å². The fourth-order valence-electron chi connectivity index (χ4n) is 3.04. The number of rotatable bonds is 5. The molecule has 0 saturated heterocycles. The van der Waals surface area contributed by atoms with Crippen LogP contribution in [0.25, 0.3) is 17.2 Å². The Balaban J connectivity index is 1.68. The zero-order chi connectivity index (χ0) is 23.0. The zero-order valence-corrected chi connectivity index (χ0v) is 17.1. The molecule has 8 nitrogen and oxygen atoms in total. The first-order valence-corrected chi connectivity index (χ1v) is 9.27. The van der Waals surface area contributed by atoms with Crippen LogP contribution in [0.3, 0.4) is 0 Å². The highest BCUT2D eigenvalue weighted by molar-refractivity contribution is 5.62. The van der Waals surface area contributed by atoms with Gasteiger partial charge in [0, 0.05) is 13.2 Å². The van der Waals surface area contributed by atoms with Crippen molar-refractivity contribution in [2.45, 2.75) is 13.1 Å². The number of aryl methyl sites for hydroxylation is 2. The maximum Gasteiger partial charge on any atom is 0.418 e. The first kappa shape index (κ1) is 21.3. The maximum atomic E-state index is 13.4. The molecule has 4 rings (SSSR count). The Morgan fingerprint density at radius 2 is 1.88 bits per heavy atom. The highest BCUT2D eigenvalue weighted by Crippen LogP contribution is 2.36. The molecule has 166 valence electrons. The van der Waals surface area contributed by atoms with Crippen LogP contribution in [0, 0.1) is 12.7 Å². The molecule has 0 bridgehead atoms. The molecule has 12 heteroatoms. The van der Waals surface area contributed by atoms with Crippen molar-refractivity contribution >= 4 is 11.6 Å². The van der Waals surface area contributed by atoms with Crippen LogP contribution in [-0.2, 0) is 13.2 Å². The number of hydrogen-bond acceptors (Lipinski definition) is 6.